The van der Waals surface area contributed by atoms with E-state index in [1.54, 1.807) is 24.3 Å². The zero-order valence-corrected chi connectivity index (χ0v) is 9.43. The fourth-order valence-corrected chi connectivity index (χ4v) is 1.06. The van der Waals surface area contributed by atoms with Gasteiger partial charge in [0.15, 0.2) is 6.79 Å². The van der Waals surface area contributed by atoms with Crippen molar-refractivity contribution in [2.75, 3.05) is 20.4 Å². The number of methoxy groups -OCH3 is 1. The SMILES string of the molecule is COCONC(=O)CNC(=O)c1ccccc1. The molecule has 0 aliphatic carbocycles. The summed E-state index contributed by atoms with van der Waals surface area (Å²) in [7, 11) is 1.43. The van der Waals surface area contributed by atoms with E-state index < -0.39 is 5.91 Å². The van der Waals surface area contributed by atoms with Gasteiger partial charge < -0.3 is 10.1 Å². The maximum Gasteiger partial charge on any atom is 0.263 e. The fraction of sp³-hybridized carbons (Fsp3) is 0.273. The Morgan fingerprint density at radius 3 is 2.59 bits per heavy atom. The van der Waals surface area contributed by atoms with Crippen LogP contribution < -0.4 is 10.8 Å². The lowest BCUT2D eigenvalue weighted by Crippen LogP contribution is -2.37. The number of carbonyl (C=O) groups excluding carboxylic acids is 2. The molecule has 0 saturated carbocycles. The highest BCUT2D eigenvalue weighted by Crippen LogP contribution is 1.96. The summed E-state index contributed by atoms with van der Waals surface area (Å²) in [6.07, 6.45) is 0. The number of benzene rings is 1. The minimum atomic E-state index is -0.452. The number of hydroxylamine groups is 1. The Bertz CT molecular complexity index is 367. The molecule has 6 heteroatoms. The first kappa shape index (κ1) is 13.1. The molecular formula is C11H14N2O4. The van der Waals surface area contributed by atoms with Crippen molar-refractivity contribution in [1.29, 1.82) is 0 Å². The molecule has 17 heavy (non-hydrogen) atoms. The average molecular weight is 238 g/mol. The van der Waals surface area contributed by atoms with E-state index >= 15 is 0 Å². The molecule has 6 nitrogen and oxygen atoms in total. The lowest BCUT2D eigenvalue weighted by Gasteiger charge is -2.06. The van der Waals surface area contributed by atoms with E-state index in [0.29, 0.717) is 5.56 Å². The maximum absolute atomic E-state index is 11.5. The normalized spacial score (nSPS) is 9.71. The van der Waals surface area contributed by atoms with Gasteiger partial charge in [-0.25, -0.2) is 10.3 Å². The van der Waals surface area contributed by atoms with Crippen LogP contribution in [0.3, 0.4) is 0 Å². The van der Waals surface area contributed by atoms with Crippen molar-refractivity contribution in [3.8, 4) is 0 Å². The monoisotopic (exact) mass is 238 g/mol. The average Bonchev–Trinajstić information content (AvgIpc) is 2.37. The predicted molar refractivity (Wildman–Crippen MR) is 59.9 cm³/mol. The molecule has 0 saturated heterocycles. The standard InChI is InChI=1S/C11H14N2O4/c1-16-8-17-13-10(14)7-12-11(15)9-5-3-2-4-6-9/h2-6H,7-8H2,1H3,(H,12,15)(H,13,14). The van der Waals surface area contributed by atoms with Gasteiger partial charge in [0.1, 0.15) is 0 Å². The molecule has 1 aromatic rings. The minimum Gasteiger partial charge on any atom is -0.356 e. The lowest BCUT2D eigenvalue weighted by molar-refractivity contribution is -0.143. The quantitative estimate of drug-likeness (QED) is 0.417. The molecular weight excluding hydrogens is 224 g/mol. The smallest absolute Gasteiger partial charge is 0.263 e. The van der Waals surface area contributed by atoms with Crippen LogP contribution in [0, 0.1) is 0 Å². The highest BCUT2D eigenvalue weighted by Gasteiger charge is 2.06. The van der Waals surface area contributed by atoms with E-state index in [1.807, 2.05) is 6.07 Å². The highest BCUT2D eigenvalue weighted by atomic mass is 16.8. The van der Waals surface area contributed by atoms with E-state index in [0.717, 1.165) is 0 Å². The number of amides is 2. The zero-order valence-electron chi connectivity index (χ0n) is 9.43. The van der Waals surface area contributed by atoms with Crippen LogP contribution in [-0.2, 0) is 14.4 Å². The Hall–Kier alpha value is -1.92. The van der Waals surface area contributed by atoms with Crippen molar-refractivity contribution in [3.05, 3.63) is 35.9 Å². The molecule has 92 valence electrons. The van der Waals surface area contributed by atoms with Gasteiger partial charge in [0.2, 0.25) is 0 Å². The van der Waals surface area contributed by atoms with Crippen LogP contribution in [0.25, 0.3) is 0 Å². The van der Waals surface area contributed by atoms with Gasteiger partial charge >= 0.3 is 0 Å². The van der Waals surface area contributed by atoms with E-state index in [1.165, 1.54) is 7.11 Å². The predicted octanol–water partition coefficient (Wildman–Crippen LogP) is 0.0681. The summed E-state index contributed by atoms with van der Waals surface area (Å²) in [6.45, 7) is -0.199. The summed E-state index contributed by atoms with van der Waals surface area (Å²) >= 11 is 0. The number of nitrogens with one attached hydrogen (secondary N) is 2. The van der Waals surface area contributed by atoms with Crippen molar-refractivity contribution >= 4 is 11.8 Å². The summed E-state index contributed by atoms with van der Waals surface area (Å²) in [6, 6.07) is 8.62. The van der Waals surface area contributed by atoms with E-state index in [4.69, 9.17) is 0 Å². The van der Waals surface area contributed by atoms with Gasteiger partial charge in [-0.15, -0.1) is 0 Å². The van der Waals surface area contributed by atoms with Crippen LogP contribution in [0.5, 0.6) is 0 Å². The van der Waals surface area contributed by atoms with Crippen molar-refractivity contribution in [3.63, 3.8) is 0 Å². The van der Waals surface area contributed by atoms with Crippen molar-refractivity contribution < 1.29 is 19.2 Å². The van der Waals surface area contributed by atoms with E-state index in [9.17, 15) is 9.59 Å². The number of hydrogen-bond donors (Lipinski definition) is 2. The third-order valence-corrected chi connectivity index (χ3v) is 1.81. The molecule has 0 fully saturated rings. The lowest BCUT2D eigenvalue weighted by atomic mass is 10.2. The van der Waals surface area contributed by atoms with Gasteiger partial charge in [0.25, 0.3) is 11.8 Å². The summed E-state index contributed by atoms with van der Waals surface area (Å²) in [5, 5.41) is 2.45. The molecule has 0 radical (unpaired) electrons. The van der Waals surface area contributed by atoms with Crippen LogP contribution >= 0.6 is 0 Å². The van der Waals surface area contributed by atoms with Crippen molar-refractivity contribution in [1.82, 2.24) is 10.8 Å². The molecule has 1 rings (SSSR count). The molecule has 0 aliphatic rings. The number of rotatable bonds is 6. The zero-order chi connectivity index (χ0) is 12.5. The largest absolute Gasteiger partial charge is 0.356 e. The van der Waals surface area contributed by atoms with E-state index in [2.05, 4.69) is 20.4 Å². The van der Waals surface area contributed by atoms with Crippen LogP contribution in [0.1, 0.15) is 10.4 Å². The van der Waals surface area contributed by atoms with Gasteiger partial charge in [-0.2, -0.15) is 0 Å². The third-order valence-electron chi connectivity index (χ3n) is 1.81. The molecule has 0 heterocycles. The molecule has 0 atom stereocenters. The molecule has 2 N–H and O–H groups in total. The van der Waals surface area contributed by atoms with Crippen LogP contribution in [0.15, 0.2) is 30.3 Å². The fourth-order valence-electron chi connectivity index (χ4n) is 1.06. The third kappa shape index (κ3) is 5.10. The number of hydrogen-bond acceptors (Lipinski definition) is 4. The van der Waals surface area contributed by atoms with Gasteiger partial charge in [-0.3, -0.25) is 9.59 Å². The summed E-state index contributed by atoms with van der Waals surface area (Å²) < 4.78 is 4.56. The van der Waals surface area contributed by atoms with Gasteiger partial charge in [0.05, 0.1) is 6.54 Å². The molecule has 1 aromatic carbocycles. The first-order valence-electron chi connectivity index (χ1n) is 4.97. The molecule has 0 bridgehead atoms. The molecule has 0 aliphatic heterocycles. The Kier molecular flexibility index (Phi) is 5.70. The minimum absolute atomic E-state index is 0.0433. The van der Waals surface area contributed by atoms with Gasteiger partial charge in [-0.05, 0) is 12.1 Å². The first-order chi connectivity index (χ1) is 8.24. The Morgan fingerprint density at radius 2 is 1.94 bits per heavy atom. The molecule has 0 spiro atoms. The van der Waals surface area contributed by atoms with Crippen LogP contribution in [-0.4, -0.2) is 32.3 Å². The molecule has 0 aromatic heterocycles. The second-order valence-corrected chi connectivity index (χ2v) is 3.12. The van der Waals surface area contributed by atoms with Gasteiger partial charge in [-0.1, -0.05) is 18.2 Å². The van der Waals surface area contributed by atoms with E-state index in [-0.39, 0.29) is 19.2 Å². The van der Waals surface area contributed by atoms with Crippen molar-refractivity contribution in [2.45, 2.75) is 0 Å². The first-order valence-corrected chi connectivity index (χ1v) is 4.97. The van der Waals surface area contributed by atoms with Crippen LogP contribution in [0.4, 0.5) is 0 Å². The second-order valence-electron chi connectivity index (χ2n) is 3.12. The maximum atomic E-state index is 11.5. The molecule has 2 amide bonds. The Morgan fingerprint density at radius 1 is 1.24 bits per heavy atom. The van der Waals surface area contributed by atoms with Crippen molar-refractivity contribution in [2.24, 2.45) is 0 Å². The number of carbonyl (C=O) groups is 2. The summed E-state index contributed by atoms with van der Waals surface area (Å²) in [5.74, 6) is -0.765. The molecule has 0 unspecified atom stereocenters. The second kappa shape index (κ2) is 7.37. The topological polar surface area (TPSA) is 76.7 Å². The summed E-state index contributed by atoms with van der Waals surface area (Å²) in [5.41, 5.74) is 2.61. The number of ether oxygens (including phenoxy) is 1. The summed E-state index contributed by atoms with van der Waals surface area (Å²) in [4.78, 5) is 27.3. The van der Waals surface area contributed by atoms with Crippen LogP contribution in [0.2, 0.25) is 0 Å². The highest BCUT2D eigenvalue weighted by molar-refractivity contribution is 5.96. The van der Waals surface area contributed by atoms with Gasteiger partial charge in [0, 0.05) is 12.7 Å². The Labute approximate surface area is 98.9 Å². The Balaban J connectivity index is 2.26.